The van der Waals surface area contributed by atoms with E-state index in [-0.39, 0.29) is 69.1 Å². The maximum atomic E-state index is 14.2. The Morgan fingerprint density at radius 1 is 1.11 bits per heavy atom. The van der Waals surface area contributed by atoms with Crippen LogP contribution in [0.4, 0.5) is 0 Å². The van der Waals surface area contributed by atoms with Gasteiger partial charge in [-0.25, -0.2) is 4.79 Å². The zero-order valence-electron chi connectivity index (χ0n) is 26.0. The number of Topliss-reactive ketones (excluding diaryl/α,β-unsaturated/α-hetero) is 1. The van der Waals surface area contributed by atoms with E-state index in [1.807, 2.05) is 0 Å². The Bertz CT molecular complexity index is 1350. The Labute approximate surface area is 292 Å². The number of fused-ring (bicyclic) bond motifs is 5. The zero-order chi connectivity index (χ0) is 31.9. The van der Waals surface area contributed by atoms with Gasteiger partial charge in [-0.1, -0.05) is 51.1 Å². The molecule has 44 heavy (non-hydrogen) atoms. The van der Waals surface area contributed by atoms with Crippen LogP contribution in [-0.2, 0) is 23.9 Å². The number of ketones is 1. The topological polar surface area (TPSA) is 183 Å². The van der Waals surface area contributed by atoms with Crippen molar-refractivity contribution in [3.8, 4) is 0 Å². The molecule has 2 saturated carbocycles. The van der Waals surface area contributed by atoms with E-state index in [1.54, 1.807) is 58.0 Å². The first-order chi connectivity index (χ1) is 19.9. The average molecular weight is 829 g/mol. The monoisotopic (exact) mass is 828 g/mol. The van der Waals surface area contributed by atoms with E-state index >= 15 is 0 Å². The van der Waals surface area contributed by atoms with Crippen LogP contribution in [0.1, 0.15) is 66.0 Å². The van der Waals surface area contributed by atoms with E-state index in [2.05, 4.69) is 5.32 Å². The second-order valence-electron chi connectivity index (χ2n) is 13.7. The molecule has 0 aromatic heterocycles. The molecule has 1 heterocycles. The molecule has 6 N–H and O–H groups in total. The van der Waals surface area contributed by atoms with Gasteiger partial charge in [-0.3, -0.25) is 9.59 Å². The molecule has 1 aromatic rings. The van der Waals surface area contributed by atoms with Crippen molar-refractivity contribution in [1.29, 1.82) is 0 Å². The Kier molecular flexibility index (Phi) is 9.79. The third-order valence-electron chi connectivity index (χ3n) is 11.2. The third kappa shape index (κ3) is 5.07. The van der Waals surface area contributed by atoms with Crippen LogP contribution in [0, 0.1) is 66.7 Å². The molecule has 2 bridgehead atoms. The summed E-state index contributed by atoms with van der Waals surface area (Å²) in [5.74, 6) is -4.08. The number of amides is 1. The van der Waals surface area contributed by atoms with Crippen LogP contribution in [0.3, 0.4) is 0 Å². The molecule has 1 aliphatic heterocycles. The molecule has 8 unspecified atom stereocenters. The molecule has 239 valence electrons. The first-order valence-electron chi connectivity index (χ1n) is 14.8. The summed E-state index contributed by atoms with van der Waals surface area (Å²) in [6.45, 7) is 9.41. The first kappa shape index (κ1) is 35.6. The summed E-state index contributed by atoms with van der Waals surface area (Å²) >= 11 is 0. The van der Waals surface area contributed by atoms with Gasteiger partial charge in [0, 0.05) is 75.2 Å². The van der Waals surface area contributed by atoms with Crippen LogP contribution >= 0.6 is 0 Å². The molecule has 1 aromatic carbocycles. The molecule has 3 aliphatic carbocycles. The van der Waals surface area contributed by atoms with Crippen LogP contribution in [0.5, 0.6) is 0 Å². The van der Waals surface area contributed by atoms with Gasteiger partial charge in [0.15, 0.2) is 11.9 Å². The number of aliphatic hydroxyl groups is 5. The van der Waals surface area contributed by atoms with E-state index in [9.17, 15) is 39.9 Å². The van der Waals surface area contributed by atoms with Gasteiger partial charge in [-0.15, -0.1) is 0 Å². The van der Waals surface area contributed by atoms with Gasteiger partial charge < -0.3 is 40.3 Å². The summed E-state index contributed by atoms with van der Waals surface area (Å²) in [5, 5.41) is 61.1. The largest absolute Gasteiger partial charge is 0.456 e. The van der Waals surface area contributed by atoms with E-state index in [0.29, 0.717) is 11.1 Å². The van der Waals surface area contributed by atoms with Gasteiger partial charge in [0.2, 0.25) is 5.91 Å². The van der Waals surface area contributed by atoms with Crippen molar-refractivity contribution in [2.75, 3.05) is 6.61 Å². The number of esters is 1. The number of hydrogen-bond donors (Lipinski definition) is 6. The smallest absolute Gasteiger partial charge is 0.338 e. The number of carbonyl (C=O) groups excluding carboxylic acids is 3. The van der Waals surface area contributed by atoms with Gasteiger partial charge >= 0.3 is 5.97 Å². The zero-order valence-corrected chi connectivity index (χ0v) is 30.7. The van der Waals surface area contributed by atoms with Crippen molar-refractivity contribution in [1.82, 2.24) is 5.32 Å². The van der Waals surface area contributed by atoms with Crippen molar-refractivity contribution >= 4 is 17.7 Å². The molecule has 12 heteroatoms. The normalized spacial score (nSPS) is 40.5. The fraction of sp³-hybridized carbons (Fsp3) is 0.656. The quantitative estimate of drug-likeness (QED) is 0.183. The number of hydrogen-bond acceptors (Lipinski definition) is 10. The van der Waals surface area contributed by atoms with Crippen LogP contribution < -0.4 is 5.32 Å². The van der Waals surface area contributed by atoms with Crippen molar-refractivity contribution in [2.24, 2.45) is 22.7 Å². The fourth-order valence-corrected chi connectivity index (χ4v) is 8.68. The third-order valence-corrected chi connectivity index (χ3v) is 11.2. The molecule has 1 radical (unpaired) electrons. The molecular formula is C32H43AcNO10. The van der Waals surface area contributed by atoms with Gasteiger partial charge in [0.05, 0.1) is 35.9 Å². The molecule has 11 atom stereocenters. The molecule has 1 saturated heterocycles. The standard InChI is InChI=1S/C32H43NO10.Ac/c1-15-19(43-28(39)25(37)23(33-17(3)34)18-10-8-7-9-11-18)13-32(41)16(2)26-30(6,20(35)12-21-31(26,40)14-42-21)27(38)24(36)22(15)29(32,4)5;/h7-11,16,19-21,23-26,35-37,40-41H,12-14H2,1-6H3,(H,33,34);/t16-,19?,20?,21?,23?,24?,25?,26?,30+,31-,32?;/m0./s1. The number of nitrogens with one attached hydrogen (secondary N) is 1. The van der Waals surface area contributed by atoms with Crippen molar-refractivity contribution in [2.45, 2.75) is 102 Å². The second kappa shape index (κ2) is 12.1. The summed E-state index contributed by atoms with van der Waals surface area (Å²) in [5.41, 5.74) is -5.14. The minimum atomic E-state index is -1.81. The Morgan fingerprint density at radius 2 is 1.73 bits per heavy atom. The summed E-state index contributed by atoms with van der Waals surface area (Å²) in [6, 6.07) is 7.33. The van der Waals surface area contributed by atoms with E-state index in [0.717, 1.165) is 0 Å². The number of rotatable bonds is 5. The summed E-state index contributed by atoms with van der Waals surface area (Å²) in [4.78, 5) is 39.6. The molecular weight excluding hydrogens is 785 g/mol. The Balaban J connectivity index is 0.00000442. The molecule has 5 rings (SSSR count). The Hall–Kier alpha value is -1.23. The van der Waals surface area contributed by atoms with E-state index in [4.69, 9.17) is 9.47 Å². The maximum Gasteiger partial charge on any atom is 0.338 e. The molecule has 4 aliphatic rings. The maximum absolute atomic E-state index is 14.2. The van der Waals surface area contributed by atoms with Crippen molar-refractivity contribution < 1.29 is 93.5 Å². The summed E-state index contributed by atoms with van der Waals surface area (Å²) in [7, 11) is 0. The van der Waals surface area contributed by atoms with Crippen molar-refractivity contribution in [3.05, 3.63) is 47.0 Å². The predicted molar refractivity (Wildman–Crippen MR) is 152 cm³/mol. The number of benzene rings is 1. The van der Waals surface area contributed by atoms with E-state index < -0.39 is 88.1 Å². The number of ether oxygens (including phenoxy) is 2. The van der Waals surface area contributed by atoms with E-state index in [1.165, 1.54) is 13.8 Å². The average Bonchev–Trinajstić information content (AvgIpc) is 2.94. The van der Waals surface area contributed by atoms with Gasteiger partial charge in [-0.2, -0.15) is 0 Å². The minimum Gasteiger partial charge on any atom is -0.456 e. The van der Waals surface area contributed by atoms with Gasteiger partial charge in [-0.05, 0) is 36.5 Å². The SMILES string of the molecule is CC(=O)NC(c1ccccc1)C(O)C(=O)OC1CC2(O)[C@@H](C)C3[C@]4(O)COC4CC(O)[C@@]3(C)C(=O)C(O)C(=C1C)C2(C)C.[Ac]. The molecule has 11 nitrogen and oxygen atoms in total. The molecule has 0 spiro atoms. The number of carbonyl (C=O) groups is 3. The Morgan fingerprint density at radius 3 is 2.27 bits per heavy atom. The van der Waals surface area contributed by atoms with Crippen LogP contribution in [0.25, 0.3) is 0 Å². The van der Waals surface area contributed by atoms with Crippen LogP contribution in [-0.4, -0.2) is 91.5 Å². The van der Waals surface area contributed by atoms with Crippen LogP contribution in [0.15, 0.2) is 41.5 Å². The second-order valence-corrected chi connectivity index (χ2v) is 13.7. The molecule has 3 fully saturated rings. The number of aliphatic hydroxyl groups excluding tert-OH is 3. The summed E-state index contributed by atoms with van der Waals surface area (Å²) < 4.78 is 11.4. The minimum absolute atomic E-state index is 0. The van der Waals surface area contributed by atoms with Gasteiger partial charge in [0.1, 0.15) is 17.8 Å². The fourth-order valence-electron chi connectivity index (χ4n) is 8.68. The molecule has 1 amide bonds. The summed E-state index contributed by atoms with van der Waals surface area (Å²) in [6.07, 6.45) is -6.90. The van der Waals surface area contributed by atoms with Crippen molar-refractivity contribution in [3.63, 3.8) is 0 Å². The first-order valence-corrected chi connectivity index (χ1v) is 14.8. The van der Waals surface area contributed by atoms with Gasteiger partial charge in [0.25, 0.3) is 0 Å². The predicted octanol–water partition coefficient (Wildman–Crippen LogP) is 0.711. The van der Waals surface area contributed by atoms with Crippen LogP contribution in [0.2, 0.25) is 0 Å².